The molecule has 0 aliphatic carbocycles. The Labute approximate surface area is 111 Å². The molecule has 0 amide bonds. The van der Waals surface area contributed by atoms with Crippen LogP contribution in [0.3, 0.4) is 0 Å². The van der Waals surface area contributed by atoms with Crippen molar-refractivity contribution >= 4 is 5.84 Å². The fourth-order valence-corrected chi connectivity index (χ4v) is 1.70. The van der Waals surface area contributed by atoms with Crippen molar-refractivity contribution in [2.24, 2.45) is 5.73 Å². The third-order valence-corrected chi connectivity index (χ3v) is 2.80. The van der Waals surface area contributed by atoms with Crippen LogP contribution >= 0.6 is 0 Å². The van der Waals surface area contributed by atoms with E-state index in [1.54, 1.807) is 31.2 Å². The molecule has 0 aliphatic heterocycles. The van der Waals surface area contributed by atoms with Crippen LogP contribution in [-0.4, -0.2) is 5.84 Å². The highest BCUT2D eigenvalue weighted by molar-refractivity contribution is 5.97. The van der Waals surface area contributed by atoms with Crippen LogP contribution in [0.15, 0.2) is 36.4 Å². The minimum absolute atomic E-state index is 0.0809. The molecule has 2 aromatic rings. The number of benzene rings is 2. The van der Waals surface area contributed by atoms with Crippen LogP contribution in [0.25, 0.3) is 0 Å². The van der Waals surface area contributed by atoms with E-state index in [1.807, 2.05) is 13.0 Å². The van der Waals surface area contributed by atoms with Crippen LogP contribution in [0.1, 0.15) is 16.7 Å². The molecule has 2 rings (SSSR count). The predicted molar refractivity (Wildman–Crippen MR) is 73.4 cm³/mol. The molecular weight excluding hydrogens is 243 g/mol. The van der Waals surface area contributed by atoms with E-state index in [0.29, 0.717) is 22.6 Å². The second-order valence-corrected chi connectivity index (χ2v) is 4.43. The molecule has 0 bridgehead atoms. The highest BCUT2D eigenvalue weighted by Crippen LogP contribution is 2.27. The lowest BCUT2D eigenvalue weighted by Crippen LogP contribution is -2.12. The average Bonchev–Trinajstić information content (AvgIpc) is 2.33. The van der Waals surface area contributed by atoms with Gasteiger partial charge in [0, 0.05) is 6.07 Å². The SMILES string of the molecule is Cc1ccc(C(=N)N)c(Oc2ccc(C)c(F)c2)c1. The highest BCUT2D eigenvalue weighted by atomic mass is 19.1. The monoisotopic (exact) mass is 258 g/mol. The molecule has 3 nitrogen and oxygen atoms in total. The molecule has 4 heteroatoms. The Balaban J connectivity index is 2.39. The van der Waals surface area contributed by atoms with Crippen LogP contribution in [0.5, 0.6) is 11.5 Å². The molecule has 0 fully saturated rings. The van der Waals surface area contributed by atoms with Gasteiger partial charge in [-0.3, -0.25) is 5.41 Å². The number of halogens is 1. The number of hydrogen-bond acceptors (Lipinski definition) is 2. The topological polar surface area (TPSA) is 59.1 Å². The first-order valence-electron chi connectivity index (χ1n) is 5.86. The standard InChI is InChI=1S/C15H15FN2O/c1-9-3-6-12(15(17)18)14(7-9)19-11-5-4-10(2)13(16)8-11/h3-8H,1-2H3,(H3,17,18). The summed E-state index contributed by atoms with van der Waals surface area (Å²) in [5.74, 6) is 0.434. The summed E-state index contributed by atoms with van der Waals surface area (Å²) in [6, 6.07) is 9.99. The van der Waals surface area contributed by atoms with E-state index in [0.717, 1.165) is 5.56 Å². The molecular formula is C15H15FN2O. The zero-order chi connectivity index (χ0) is 14.0. The van der Waals surface area contributed by atoms with Crippen LogP contribution in [-0.2, 0) is 0 Å². The van der Waals surface area contributed by atoms with E-state index >= 15 is 0 Å². The van der Waals surface area contributed by atoms with Crippen molar-refractivity contribution in [3.63, 3.8) is 0 Å². The van der Waals surface area contributed by atoms with E-state index in [9.17, 15) is 4.39 Å². The van der Waals surface area contributed by atoms with Gasteiger partial charge in [0.15, 0.2) is 0 Å². The van der Waals surface area contributed by atoms with Crippen molar-refractivity contribution in [1.29, 1.82) is 5.41 Å². The fourth-order valence-electron chi connectivity index (χ4n) is 1.70. The Hall–Kier alpha value is -2.36. The van der Waals surface area contributed by atoms with Gasteiger partial charge in [-0.15, -0.1) is 0 Å². The summed E-state index contributed by atoms with van der Waals surface area (Å²) in [5, 5.41) is 7.51. The molecule has 0 radical (unpaired) electrons. The summed E-state index contributed by atoms with van der Waals surface area (Å²) in [7, 11) is 0. The maximum absolute atomic E-state index is 13.5. The first kappa shape index (κ1) is 13.1. The fraction of sp³-hybridized carbons (Fsp3) is 0.133. The van der Waals surface area contributed by atoms with Gasteiger partial charge in [0.1, 0.15) is 23.2 Å². The Bertz CT molecular complexity index is 638. The number of nitrogens with two attached hydrogens (primary N) is 1. The first-order chi connectivity index (χ1) is 8.97. The summed E-state index contributed by atoms with van der Waals surface area (Å²) in [5.41, 5.74) is 7.53. The van der Waals surface area contributed by atoms with E-state index in [2.05, 4.69) is 0 Å². The Morgan fingerprint density at radius 2 is 1.89 bits per heavy atom. The van der Waals surface area contributed by atoms with Gasteiger partial charge in [-0.25, -0.2) is 4.39 Å². The highest BCUT2D eigenvalue weighted by Gasteiger charge is 2.09. The van der Waals surface area contributed by atoms with Gasteiger partial charge in [0.05, 0.1) is 5.56 Å². The second kappa shape index (κ2) is 5.10. The van der Waals surface area contributed by atoms with Crippen LogP contribution in [0.2, 0.25) is 0 Å². The third kappa shape index (κ3) is 2.91. The third-order valence-electron chi connectivity index (χ3n) is 2.80. The van der Waals surface area contributed by atoms with Crippen LogP contribution in [0.4, 0.5) is 4.39 Å². The molecule has 0 saturated carbocycles. The van der Waals surface area contributed by atoms with Gasteiger partial charge in [-0.2, -0.15) is 0 Å². The van der Waals surface area contributed by atoms with Gasteiger partial charge in [0.2, 0.25) is 0 Å². The van der Waals surface area contributed by atoms with Crippen LogP contribution in [0, 0.1) is 25.1 Å². The first-order valence-corrected chi connectivity index (χ1v) is 5.86. The summed E-state index contributed by atoms with van der Waals surface area (Å²) in [6.45, 7) is 3.60. The average molecular weight is 258 g/mol. The molecule has 0 atom stereocenters. The largest absolute Gasteiger partial charge is 0.456 e. The molecule has 3 N–H and O–H groups in total. The molecule has 0 heterocycles. The molecule has 0 unspecified atom stereocenters. The smallest absolute Gasteiger partial charge is 0.138 e. The van der Waals surface area contributed by atoms with Crippen molar-refractivity contribution in [2.75, 3.05) is 0 Å². The van der Waals surface area contributed by atoms with Gasteiger partial charge >= 0.3 is 0 Å². The van der Waals surface area contributed by atoms with Gasteiger partial charge in [-0.05, 0) is 43.2 Å². The molecule has 98 valence electrons. The normalized spacial score (nSPS) is 10.3. The summed E-state index contributed by atoms with van der Waals surface area (Å²) < 4.78 is 19.1. The summed E-state index contributed by atoms with van der Waals surface area (Å²) >= 11 is 0. The van der Waals surface area contributed by atoms with Crippen molar-refractivity contribution in [3.05, 3.63) is 58.9 Å². The zero-order valence-corrected chi connectivity index (χ0v) is 10.8. The van der Waals surface area contributed by atoms with Gasteiger partial charge in [-0.1, -0.05) is 12.1 Å². The van der Waals surface area contributed by atoms with Crippen molar-refractivity contribution in [1.82, 2.24) is 0 Å². The maximum Gasteiger partial charge on any atom is 0.138 e. The molecule has 0 aromatic heterocycles. The number of aryl methyl sites for hydroxylation is 2. The summed E-state index contributed by atoms with van der Waals surface area (Å²) in [4.78, 5) is 0. The van der Waals surface area contributed by atoms with Crippen molar-refractivity contribution in [2.45, 2.75) is 13.8 Å². The molecule has 0 spiro atoms. The van der Waals surface area contributed by atoms with Gasteiger partial charge < -0.3 is 10.5 Å². The van der Waals surface area contributed by atoms with Crippen LogP contribution < -0.4 is 10.5 Å². The van der Waals surface area contributed by atoms with E-state index in [1.165, 1.54) is 6.07 Å². The number of ether oxygens (including phenoxy) is 1. The number of nitrogen functional groups attached to an aromatic ring is 1. The molecule has 0 aliphatic rings. The molecule has 19 heavy (non-hydrogen) atoms. The van der Waals surface area contributed by atoms with E-state index in [-0.39, 0.29) is 11.7 Å². The summed E-state index contributed by atoms with van der Waals surface area (Å²) in [6.07, 6.45) is 0. The van der Waals surface area contributed by atoms with Gasteiger partial charge in [0.25, 0.3) is 0 Å². The minimum Gasteiger partial charge on any atom is -0.456 e. The minimum atomic E-state index is -0.325. The lowest BCUT2D eigenvalue weighted by Gasteiger charge is -2.11. The van der Waals surface area contributed by atoms with Crippen molar-refractivity contribution in [3.8, 4) is 11.5 Å². The quantitative estimate of drug-likeness (QED) is 0.653. The molecule has 2 aromatic carbocycles. The van der Waals surface area contributed by atoms with E-state index in [4.69, 9.17) is 15.9 Å². The lowest BCUT2D eigenvalue weighted by molar-refractivity contribution is 0.474. The lowest BCUT2D eigenvalue weighted by atomic mass is 10.1. The number of hydrogen-bond donors (Lipinski definition) is 2. The maximum atomic E-state index is 13.5. The Morgan fingerprint density at radius 3 is 2.53 bits per heavy atom. The Morgan fingerprint density at radius 1 is 1.16 bits per heavy atom. The van der Waals surface area contributed by atoms with E-state index < -0.39 is 0 Å². The van der Waals surface area contributed by atoms with Crippen molar-refractivity contribution < 1.29 is 9.13 Å². The second-order valence-electron chi connectivity index (χ2n) is 4.43. The molecule has 0 saturated heterocycles. The zero-order valence-electron chi connectivity index (χ0n) is 10.8. The predicted octanol–water partition coefficient (Wildman–Crippen LogP) is 3.52. The Kier molecular flexibility index (Phi) is 3.51. The number of nitrogens with one attached hydrogen (secondary N) is 1. The number of rotatable bonds is 3. The number of amidine groups is 1.